The van der Waals surface area contributed by atoms with Gasteiger partial charge in [0.15, 0.2) is 0 Å². The van der Waals surface area contributed by atoms with Crippen LogP contribution in [0.1, 0.15) is 12.5 Å². The molecule has 0 saturated heterocycles. The maximum atomic E-state index is 12.1. The van der Waals surface area contributed by atoms with Crippen LogP contribution in [-0.4, -0.2) is 21.5 Å². The molecule has 18 heavy (non-hydrogen) atoms. The van der Waals surface area contributed by atoms with Crippen LogP contribution in [0.4, 0.5) is 0 Å². The number of hydrogen-bond acceptors (Lipinski definition) is 3. The van der Waals surface area contributed by atoms with Gasteiger partial charge in [0.05, 0.1) is 5.52 Å². The standard InChI is InChI=1S/C14H18N2OS/c1-11(8-15)9-18(17)10-12-6-7-16-14-5-3-2-4-13(12)14/h2-7,11H,8-10,15H2,1H3. The Labute approximate surface area is 110 Å². The lowest BCUT2D eigenvalue weighted by molar-refractivity contribution is 0.640. The molecule has 3 nitrogen and oxygen atoms in total. The Kier molecular flexibility index (Phi) is 4.44. The van der Waals surface area contributed by atoms with E-state index in [-0.39, 0.29) is 0 Å². The van der Waals surface area contributed by atoms with Crippen molar-refractivity contribution in [2.24, 2.45) is 11.7 Å². The number of aromatic nitrogens is 1. The van der Waals surface area contributed by atoms with E-state index in [1.165, 1.54) is 0 Å². The van der Waals surface area contributed by atoms with E-state index in [9.17, 15) is 4.21 Å². The molecule has 0 aliphatic heterocycles. The first-order valence-corrected chi connectivity index (χ1v) is 7.57. The van der Waals surface area contributed by atoms with Crippen molar-refractivity contribution >= 4 is 21.7 Å². The van der Waals surface area contributed by atoms with E-state index in [1.54, 1.807) is 6.20 Å². The highest BCUT2D eigenvalue weighted by atomic mass is 32.2. The summed E-state index contributed by atoms with van der Waals surface area (Å²) < 4.78 is 12.1. The van der Waals surface area contributed by atoms with E-state index >= 15 is 0 Å². The minimum absolute atomic E-state index is 0.305. The zero-order chi connectivity index (χ0) is 13.0. The third kappa shape index (κ3) is 3.15. The van der Waals surface area contributed by atoms with Gasteiger partial charge in [-0.15, -0.1) is 0 Å². The van der Waals surface area contributed by atoms with E-state index < -0.39 is 10.8 Å². The molecule has 1 heterocycles. The summed E-state index contributed by atoms with van der Waals surface area (Å²) in [4.78, 5) is 4.31. The Morgan fingerprint density at radius 3 is 2.89 bits per heavy atom. The van der Waals surface area contributed by atoms with E-state index in [2.05, 4.69) is 4.98 Å². The highest BCUT2D eigenvalue weighted by molar-refractivity contribution is 7.84. The SMILES string of the molecule is CC(CN)CS(=O)Cc1ccnc2ccccc12. The molecule has 4 heteroatoms. The smallest absolute Gasteiger partial charge is 0.0705 e. The van der Waals surface area contributed by atoms with Crippen LogP contribution in [0.15, 0.2) is 36.5 Å². The van der Waals surface area contributed by atoms with E-state index in [1.807, 2.05) is 37.3 Å². The van der Waals surface area contributed by atoms with Gasteiger partial charge in [-0.25, -0.2) is 0 Å². The third-order valence-electron chi connectivity index (χ3n) is 2.93. The van der Waals surface area contributed by atoms with E-state index in [4.69, 9.17) is 5.73 Å². The van der Waals surface area contributed by atoms with Gasteiger partial charge in [-0.05, 0) is 30.2 Å². The average molecular weight is 262 g/mol. The zero-order valence-electron chi connectivity index (χ0n) is 10.5. The average Bonchev–Trinajstić information content (AvgIpc) is 2.39. The molecule has 0 bridgehead atoms. The highest BCUT2D eigenvalue weighted by Gasteiger charge is 2.09. The molecule has 2 N–H and O–H groups in total. The first-order chi connectivity index (χ1) is 8.70. The van der Waals surface area contributed by atoms with Crippen LogP contribution in [0.3, 0.4) is 0 Å². The molecule has 0 fully saturated rings. The van der Waals surface area contributed by atoms with Gasteiger partial charge in [-0.2, -0.15) is 0 Å². The second kappa shape index (κ2) is 6.07. The van der Waals surface area contributed by atoms with Crippen LogP contribution in [-0.2, 0) is 16.6 Å². The van der Waals surface area contributed by atoms with Crippen LogP contribution >= 0.6 is 0 Å². The Balaban J connectivity index is 2.19. The van der Waals surface area contributed by atoms with Crippen molar-refractivity contribution in [2.45, 2.75) is 12.7 Å². The van der Waals surface area contributed by atoms with Crippen LogP contribution in [0, 0.1) is 5.92 Å². The molecule has 2 atom stereocenters. The van der Waals surface area contributed by atoms with Crippen LogP contribution in [0.5, 0.6) is 0 Å². The Bertz CT molecular complexity index is 551. The highest BCUT2D eigenvalue weighted by Crippen LogP contribution is 2.18. The minimum atomic E-state index is -0.865. The summed E-state index contributed by atoms with van der Waals surface area (Å²) in [6, 6.07) is 9.91. The molecule has 0 amide bonds. The predicted octanol–water partition coefficient (Wildman–Crippen LogP) is 2.08. The molecule has 2 aromatic rings. The lowest BCUT2D eigenvalue weighted by Gasteiger charge is -2.09. The number of benzene rings is 1. The van der Waals surface area contributed by atoms with Crippen molar-refractivity contribution in [3.05, 3.63) is 42.1 Å². The largest absolute Gasteiger partial charge is 0.330 e. The fraction of sp³-hybridized carbons (Fsp3) is 0.357. The summed E-state index contributed by atoms with van der Waals surface area (Å²) in [5.74, 6) is 1.54. The fourth-order valence-electron chi connectivity index (χ4n) is 1.90. The number of para-hydroxylation sites is 1. The van der Waals surface area contributed by atoms with Crippen molar-refractivity contribution in [1.29, 1.82) is 0 Å². The number of rotatable bonds is 5. The molecule has 2 unspecified atom stereocenters. The first-order valence-electron chi connectivity index (χ1n) is 6.08. The topological polar surface area (TPSA) is 56.0 Å². The number of fused-ring (bicyclic) bond motifs is 1. The molecule has 0 aliphatic rings. The Hall–Kier alpha value is -1.26. The maximum Gasteiger partial charge on any atom is 0.0705 e. The second-order valence-corrected chi connectivity index (χ2v) is 6.08. The summed E-state index contributed by atoms with van der Waals surface area (Å²) in [6.07, 6.45) is 1.78. The van der Waals surface area contributed by atoms with Gasteiger partial charge in [-0.1, -0.05) is 25.1 Å². The lowest BCUT2D eigenvalue weighted by atomic mass is 10.1. The number of nitrogens with zero attached hydrogens (tertiary/aromatic N) is 1. The van der Waals surface area contributed by atoms with Crippen molar-refractivity contribution in [3.8, 4) is 0 Å². The summed E-state index contributed by atoms with van der Waals surface area (Å²) in [6.45, 7) is 2.62. The second-order valence-electron chi connectivity index (χ2n) is 4.58. The van der Waals surface area contributed by atoms with Gasteiger partial charge in [0.1, 0.15) is 0 Å². The molecule has 0 aliphatic carbocycles. The van der Waals surface area contributed by atoms with E-state index in [0.29, 0.717) is 24.0 Å². The third-order valence-corrected chi connectivity index (χ3v) is 4.50. The molecule has 0 spiro atoms. The first kappa shape index (κ1) is 13.2. The van der Waals surface area contributed by atoms with Crippen molar-refractivity contribution < 1.29 is 4.21 Å². The quantitative estimate of drug-likeness (QED) is 0.897. The van der Waals surface area contributed by atoms with Crippen molar-refractivity contribution in [3.63, 3.8) is 0 Å². The summed E-state index contributed by atoms with van der Waals surface area (Å²) in [5, 5.41) is 1.09. The van der Waals surface area contributed by atoms with Crippen LogP contribution in [0.25, 0.3) is 10.9 Å². The Morgan fingerprint density at radius 2 is 2.11 bits per heavy atom. The summed E-state index contributed by atoms with van der Waals surface area (Å²) in [5.41, 5.74) is 7.62. The predicted molar refractivity (Wildman–Crippen MR) is 76.7 cm³/mol. The summed E-state index contributed by atoms with van der Waals surface area (Å²) >= 11 is 0. The van der Waals surface area contributed by atoms with Crippen LogP contribution < -0.4 is 5.73 Å². The normalized spacial score (nSPS) is 14.6. The number of pyridine rings is 1. The zero-order valence-corrected chi connectivity index (χ0v) is 11.3. The lowest BCUT2D eigenvalue weighted by Crippen LogP contribution is -2.18. The van der Waals surface area contributed by atoms with Gasteiger partial charge in [0.25, 0.3) is 0 Å². The number of hydrogen-bond donors (Lipinski definition) is 1. The van der Waals surface area contributed by atoms with Crippen molar-refractivity contribution in [2.75, 3.05) is 12.3 Å². The molecular weight excluding hydrogens is 244 g/mol. The molecule has 0 radical (unpaired) electrons. The van der Waals surface area contributed by atoms with Crippen molar-refractivity contribution in [1.82, 2.24) is 4.98 Å². The molecule has 2 rings (SSSR count). The molecular formula is C14H18N2OS. The molecule has 0 saturated carbocycles. The Morgan fingerprint density at radius 1 is 1.33 bits per heavy atom. The molecule has 96 valence electrons. The van der Waals surface area contributed by atoms with Gasteiger partial charge < -0.3 is 5.73 Å². The summed E-state index contributed by atoms with van der Waals surface area (Å²) in [7, 11) is -0.865. The van der Waals surface area contributed by atoms with E-state index in [0.717, 1.165) is 16.5 Å². The molecule has 1 aromatic heterocycles. The van der Waals surface area contributed by atoms with Crippen LogP contribution in [0.2, 0.25) is 0 Å². The monoisotopic (exact) mass is 262 g/mol. The molecule has 1 aromatic carbocycles. The fourth-order valence-corrected chi connectivity index (χ4v) is 3.39. The minimum Gasteiger partial charge on any atom is -0.330 e. The van der Waals surface area contributed by atoms with Gasteiger partial charge in [-0.3, -0.25) is 9.19 Å². The van der Waals surface area contributed by atoms with Gasteiger partial charge in [0.2, 0.25) is 0 Å². The van der Waals surface area contributed by atoms with Gasteiger partial charge in [0, 0.05) is 33.9 Å². The number of nitrogens with two attached hydrogens (primary N) is 1. The van der Waals surface area contributed by atoms with Gasteiger partial charge >= 0.3 is 0 Å². The maximum absolute atomic E-state index is 12.1.